The Hall–Kier alpha value is -2.34. The number of esters is 1. The first kappa shape index (κ1) is 18.0. The Labute approximate surface area is 144 Å². The van der Waals surface area contributed by atoms with Gasteiger partial charge in [-0.25, -0.2) is 9.18 Å². The Morgan fingerprint density at radius 3 is 2.58 bits per heavy atom. The Morgan fingerprint density at radius 1 is 1.33 bits per heavy atom. The maximum atomic E-state index is 13.1. The van der Waals surface area contributed by atoms with Crippen LogP contribution in [0.4, 0.5) is 4.39 Å². The van der Waals surface area contributed by atoms with Crippen LogP contribution in [0.5, 0.6) is 0 Å². The average molecular weight is 353 g/mol. The number of aryl methyl sites for hydroxylation is 1. The van der Waals surface area contributed by atoms with Crippen LogP contribution < -0.4 is 0 Å². The van der Waals surface area contributed by atoms with Crippen LogP contribution in [0.2, 0.25) is 5.02 Å². The van der Waals surface area contributed by atoms with E-state index >= 15 is 0 Å². The molecule has 1 heterocycles. The van der Waals surface area contributed by atoms with Gasteiger partial charge >= 0.3 is 5.97 Å². The molecule has 2 rings (SSSR count). The van der Waals surface area contributed by atoms with Crippen molar-refractivity contribution in [3.63, 3.8) is 0 Å². The maximum Gasteiger partial charge on any atom is 0.354 e. The second kappa shape index (κ2) is 7.05. The van der Waals surface area contributed by atoms with Crippen molar-refractivity contribution in [3.05, 3.63) is 57.1 Å². The van der Waals surface area contributed by atoms with Gasteiger partial charge in [0.05, 0.1) is 17.7 Å². The summed E-state index contributed by atoms with van der Waals surface area (Å²) in [7, 11) is 2.93. The van der Waals surface area contributed by atoms with Gasteiger partial charge in [0.1, 0.15) is 11.5 Å². The van der Waals surface area contributed by atoms with Crippen LogP contribution in [-0.2, 0) is 11.3 Å². The smallest absolute Gasteiger partial charge is 0.354 e. The average Bonchev–Trinajstić information content (AvgIpc) is 2.81. The van der Waals surface area contributed by atoms with Gasteiger partial charge in [-0.1, -0.05) is 11.6 Å². The van der Waals surface area contributed by atoms with Crippen molar-refractivity contribution < 1.29 is 18.7 Å². The van der Waals surface area contributed by atoms with Gasteiger partial charge in [-0.05, 0) is 43.2 Å². The fourth-order valence-electron chi connectivity index (χ4n) is 2.51. The summed E-state index contributed by atoms with van der Waals surface area (Å²) in [4.78, 5) is 28.7. The molecule has 0 aliphatic rings. The highest BCUT2D eigenvalue weighted by Gasteiger charge is 2.21. The first-order chi connectivity index (χ1) is 11.3. The summed E-state index contributed by atoms with van der Waals surface area (Å²) < 4.78 is 17.8. The van der Waals surface area contributed by atoms with Crippen molar-refractivity contribution >= 4 is 23.5 Å². The number of H-pyrrole nitrogens is 1. The lowest BCUT2D eigenvalue weighted by molar-refractivity contribution is 0.0593. The summed E-state index contributed by atoms with van der Waals surface area (Å²) in [5.41, 5.74) is 2.91. The Bertz CT molecular complexity index is 801. The van der Waals surface area contributed by atoms with E-state index in [0.717, 1.165) is 22.9 Å². The maximum absolute atomic E-state index is 13.1. The zero-order chi connectivity index (χ0) is 18.0. The Kier molecular flexibility index (Phi) is 5.29. The summed E-state index contributed by atoms with van der Waals surface area (Å²) >= 11 is 5.94. The molecule has 1 amide bonds. The molecule has 1 N–H and O–H groups in total. The van der Waals surface area contributed by atoms with Gasteiger partial charge in [-0.15, -0.1) is 0 Å². The minimum absolute atomic E-state index is 0.0598. The van der Waals surface area contributed by atoms with Gasteiger partial charge in [-0.2, -0.15) is 0 Å². The molecule has 1 aromatic heterocycles. The van der Waals surface area contributed by atoms with Crippen molar-refractivity contribution in [2.75, 3.05) is 14.2 Å². The molecule has 0 saturated heterocycles. The van der Waals surface area contributed by atoms with E-state index < -0.39 is 11.8 Å². The molecular formula is C17H18ClFN2O3. The van der Waals surface area contributed by atoms with E-state index in [1.165, 1.54) is 24.1 Å². The number of aromatic amines is 1. The predicted molar refractivity (Wildman–Crippen MR) is 88.8 cm³/mol. The number of nitrogens with zero attached hydrogens (tertiary/aromatic N) is 1. The van der Waals surface area contributed by atoms with Crippen LogP contribution in [0.1, 0.15) is 37.7 Å². The Balaban J connectivity index is 2.26. The molecule has 24 heavy (non-hydrogen) atoms. The van der Waals surface area contributed by atoms with Crippen molar-refractivity contribution in [2.24, 2.45) is 0 Å². The predicted octanol–water partition coefficient (Wildman–Crippen LogP) is 3.48. The number of halogens is 2. The van der Waals surface area contributed by atoms with Gasteiger partial charge in [0.2, 0.25) is 0 Å². The summed E-state index contributed by atoms with van der Waals surface area (Å²) in [6.07, 6.45) is 0. The first-order valence-corrected chi connectivity index (χ1v) is 7.61. The van der Waals surface area contributed by atoms with E-state index in [-0.39, 0.29) is 23.0 Å². The standard InChI is InChI=1S/C17H18ClFN2O3/c1-9-13(10(2)20-15(9)17(23)24-4)8-21(3)16(22)12-6-5-11(19)7-14(12)18/h5-7,20H,8H2,1-4H3. The van der Waals surface area contributed by atoms with Crippen molar-refractivity contribution in [3.8, 4) is 0 Å². The number of hydrogen-bond donors (Lipinski definition) is 1. The highest BCUT2D eigenvalue weighted by Crippen LogP contribution is 2.23. The molecule has 0 radical (unpaired) electrons. The highest BCUT2D eigenvalue weighted by atomic mass is 35.5. The molecule has 2 aromatic rings. The number of carbonyl (C=O) groups excluding carboxylic acids is 2. The summed E-state index contributed by atoms with van der Waals surface area (Å²) in [6.45, 7) is 3.88. The third-order valence-corrected chi connectivity index (χ3v) is 4.20. The van der Waals surface area contributed by atoms with Crippen LogP contribution in [0.3, 0.4) is 0 Å². The third kappa shape index (κ3) is 3.43. The number of aromatic nitrogens is 1. The zero-order valence-electron chi connectivity index (χ0n) is 13.9. The van der Waals surface area contributed by atoms with E-state index in [1.807, 2.05) is 6.92 Å². The number of rotatable bonds is 4. The van der Waals surface area contributed by atoms with Crippen molar-refractivity contribution in [1.82, 2.24) is 9.88 Å². The molecule has 0 spiro atoms. The molecule has 0 aliphatic heterocycles. The molecule has 0 aliphatic carbocycles. The van der Waals surface area contributed by atoms with Crippen LogP contribution in [0.15, 0.2) is 18.2 Å². The Morgan fingerprint density at radius 2 is 2.00 bits per heavy atom. The van der Waals surface area contributed by atoms with Gasteiger partial charge in [0, 0.05) is 19.3 Å². The molecule has 1 aromatic carbocycles. The summed E-state index contributed by atoms with van der Waals surface area (Å²) in [5, 5.41) is 0.0598. The molecule has 0 atom stereocenters. The van der Waals surface area contributed by atoms with Crippen LogP contribution in [0.25, 0.3) is 0 Å². The topological polar surface area (TPSA) is 62.4 Å². The van der Waals surface area contributed by atoms with Gasteiger partial charge in [0.15, 0.2) is 0 Å². The number of nitrogens with one attached hydrogen (secondary N) is 1. The number of methoxy groups -OCH3 is 1. The van der Waals surface area contributed by atoms with E-state index in [9.17, 15) is 14.0 Å². The second-order valence-electron chi connectivity index (χ2n) is 5.51. The SMILES string of the molecule is COC(=O)c1[nH]c(C)c(CN(C)C(=O)c2ccc(F)cc2Cl)c1C. The molecular weight excluding hydrogens is 335 g/mol. The lowest BCUT2D eigenvalue weighted by Crippen LogP contribution is -2.27. The second-order valence-corrected chi connectivity index (χ2v) is 5.91. The molecule has 5 nitrogen and oxygen atoms in total. The minimum Gasteiger partial charge on any atom is -0.464 e. The van der Waals surface area contributed by atoms with E-state index in [0.29, 0.717) is 5.69 Å². The fourth-order valence-corrected chi connectivity index (χ4v) is 2.76. The molecule has 0 unspecified atom stereocenters. The molecule has 0 saturated carbocycles. The summed E-state index contributed by atoms with van der Waals surface area (Å²) in [6, 6.07) is 3.65. The first-order valence-electron chi connectivity index (χ1n) is 7.23. The van der Waals surface area contributed by atoms with Gasteiger partial charge < -0.3 is 14.6 Å². The minimum atomic E-state index is -0.501. The highest BCUT2D eigenvalue weighted by molar-refractivity contribution is 6.33. The quantitative estimate of drug-likeness (QED) is 0.857. The van der Waals surface area contributed by atoms with E-state index in [2.05, 4.69) is 4.98 Å². The largest absolute Gasteiger partial charge is 0.464 e. The summed E-state index contributed by atoms with van der Waals surface area (Å²) in [5.74, 6) is -1.30. The van der Waals surface area contributed by atoms with Gasteiger partial charge in [0.25, 0.3) is 5.91 Å². The molecule has 7 heteroatoms. The van der Waals surface area contributed by atoms with E-state index in [4.69, 9.17) is 16.3 Å². The number of ether oxygens (including phenoxy) is 1. The van der Waals surface area contributed by atoms with E-state index in [1.54, 1.807) is 14.0 Å². The fraction of sp³-hybridized carbons (Fsp3) is 0.294. The number of amides is 1. The number of benzene rings is 1. The lowest BCUT2D eigenvalue weighted by atomic mass is 10.1. The normalized spacial score (nSPS) is 10.6. The lowest BCUT2D eigenvalue weighted by Gasteiger charge is -2.18. The monoisotopic (exact) mass is 352 g/mol. The van der Waals surface area contributed by atoms with Crippen molar-refractivity contribution in [2.45, 2.75) is 20.4 Å². The third-order valence-electron chi connectivity index (χ3n) is 3.89. The molecule has 0 bridgehead atoms. The zero-order valence-corrected chi connectivity index (χ0v) is 14.6. The van der Waals surface area contributed by atoms with Crippen molar-refractivity contribution in [1.29, 1.82) is 0 Å². The van der Waals surface area contributed by atoms with Crippen LogP contribution in [0, 0.1) is 19.7 Å². The van der Waals surface area contributed by atoms with Crippen LogP contribution >= 0.6 is 11.6 Å². The number of carbonyl (C=O) groups is 2. The molecule has 128 valence electrons. The molecule has 0 fully saturated rings. The van der Waals surface area contributed by atoms with Gasteiger partial charge in [-0.3, -0.25) is 4.79 Å². The van der Waals surface area contributed by atoms with Crippen LogP contribution in [-0.4, -0.2) is 35.9 Å². The number of hydrogen-bond acceptors (Lipinski definition) is 3.